The fourth-order valence-electron chi connectivity index (χ4n) is 3.15. The summed E-state index contributed by atoms with van der Waals surface area (Å²) >= 11 is 0. The molecular weight excluding hydrogens is 284 g/mol. The molecule has 0 unspecified atom stereocenters. The van der Waals surface area contributed by atoms with Crippen LogP contribution >= 0.6 is 0 Å². The minimum atomic E-state index is 0.687. The van der Waals surface area contributed by atoms with Crippen LogP contribution in [-0.4, -0.2) is 54.1 Å². The molecule has 0 atom stereocenters. The molecule has 1 aromatic carbocycles. The number of H-pyrrole nitrogens is 1. The molecular formula is C19H26N4. The van der Waals surface area contributed by atoms with E-state index < -0.39 is 0 Å². The van der Waals surface area contributed by atoms with Gasteiger partial charge in [-0.1, -0.05) is 24.3 Å². The summed E-state index contributed by atoms with van der Waals surface area (Å²) in [6.45, 7) is 5.76. The summed E-state index contributed by atoms with van der Waals surface area (Å²) in [6, 6.07) is 14.0. The molecule has 0 bridgehead atoms. The summed E-state index contributed by atoms with van der Waals surface area (Å²) in [5.74, 6) is 1.14. The van der Waals surface area contributed by atoms with Crippen LogP contribution in [0.25, 0.3) is 11.3 Å². The molecule has 122 valence electrons. The maximum atomic E-state index is 3.51. The Balaban J connectivity index is 1.38. The molecule has 1 aromatic heterocycles. The number of piperazine rings is 1. The van der Waals surface area contributed by atoms with Crippen molar-refractivity contribution in [3.63, 3.8) is 0 Å². The van der Waals surface area contributed by atoms with Crippen LogP contribution in [0.4, 0.5) is 5.82 Å². The number of anilines is 1. The van der Waals surface area contributed by atoms with Gasteiger partial charge < -0.3 is 15.2 Å². The highest BCUT2D eigenvalue weighted by molar-refractivity contribution is 5.63. The molecule has 1 aliphatic carbocycles. The lowest BCUT2D eigenvalue weighted by Crippen LogP contribution is -2.43. The Bertz CT molecular complexity index is 634. The smallest absolute Gasteiger partial charge is 0.103 e. The van der Waals surface area contributed by atoms with E-state index in [0.29, 0.717) is 6.04 Å². The Hall–Kier alpha value is -1.78. The molecule has 4 nitrogen and oxygen atoms in total. The summed E-state index contributed by atoms with van der Waals surface area (Å²) in [7, 11) is 2.20. The topological polar surface area (TPSA) is 34.3 Å². The first-order valence-corrected chi connectivity index (χ1v) is 8.72. The third-order valence-electron chi connectivity index (χ3n) is 4.89. The van der Waals surface area contributed by atoms with Gasteiger partial charge >= 0.3 is 0 Å². The maximum Gasteiger partial charge on any atom is 0.103 e. The zero-order valence-corrected chi connectivity index (χ0v) is 13.9. The molecule has 23 heavy (non-hydrogen) atoms. The van der Waals surface area contributed by atoms with Crippen molar-refractivity contribution in [2.75, 3.05) is 38.5 Å². The van der Waals surface area contributed by atoms with E-state index in [1.165, 1.54) is 55.8 Å². The normalized spacial score (nSPS) is 19.9. The Labute approximate surface area is 138 Å². The fraction of sp³-hybridized carbons (Fsp3) is 0.474. The standard InChI is InChI=1S/C19H26N4/c1-22-10-12-23(13-11-22)14-15-2-4-16(5-3-15)18-8-9-19(21-18)20-17-6-7-17/h2-5,8-9,17,20-21H,6-7,10-14H2,1H3. The number of aromatic nitrogens is 1. The van der Waals surface area contributed by atoms with Gasteiger partial charge in [-0.25, -0.2) is 0 Å². The average Bonchev–Trinajstić information content (AvgIpc) is 3.26. The molecule has 2 aromatic rings. The zero-order chi connectivity index (χ0) is 15.6. The largest absolute Gasteiger partial charge is 0.369 e. The minimum absolute atomic E-state index is 0.687. The van der Waals surface area contributed by atoms with E-state index in [0.717, 1.165) is 12.4 Å². The van der Waals surface area contributed by atoms with Gasteiger partial charge in [-0.15, -0.1) is 0 Å². The van der Waals surface area contributed by atoms with Gasteiger partial charge in [-0.05, 0) is 43.1 Å². The van der Waals surface area contributed by atoms with Gasteiger partial charge in [0.05, 0.1) is 0 Å². The molecule has 4 heteroatoms. The Morgan fingerprint density at radius 3 is 2.43 bits per heavy atom. The highest BCUT2D eigenvalue weighted by Gasteiger charge is 2.21. The lowest BCUT2D eigenvalue weighted by molar-refractivity contribution is 0.148. The molecule has 0 amide bonds. The quantitative estimate of drug-likeness (QED) is 0.891. The number of nitrogens with zero attached hydrogens (tertiary/aromatic N) is 2. The highest BCUT2D eigenvalue weighted by Crippen LogP contribution is 2.27. The lowest BCUT2D eigenvalue weighted by Gasteiger charge is -2.32. The van der Waals surface area contributed by atoms with E-state index in [9.17, 15) is 0 Å². The number of benzene rings is 1. The average molecular weight is 310 g/mol. The molecule has 0 spiro atoms. The summed E-state index contributed by atoms with van der Waals surface area (Å²) in [6.07, 6.45) is 2.60. The maximum absolute atomic E-state index is 3.51. The number of nitrogens with one attached hydrogen (secondary N) is 2. The SMILES string of the molecule is CN1CCN(Cc2ccc(-c3ccc(NC4CC4)[nH]3)cc2)CC1. The van der Waals surface area contributed by atoms with Crippen LogP contribution in [0.15, 0.2) is 36.4 Å². The van der Waals surface area contributed by atoms with Crippen LogP contribution in [0.1, 0.15) is 18.4 Å². The van der Waals surface area contributed by atoms with Crippen LogP contribution in [0.2, 0.25) is 0 Å². The number of aromatic amines is 1. The Morgan fingerprint density at radius 2 is 1.74 bits per heavy atom. The van der Waals surface area contributed by atoms with Crippen molar-refractivity contribution in [1.29, 1.82) is 0 Å². The third kappa shape index (κ3) is 3.77. The number of likely N-dealkylation sites (N-methyl/N-ethyl adjacent to an activating group) is 1. The molecule has 1 saturated heterocycles. The van der Waals surface area contributed by atoms with Crippen LogP contribution in [-0.2, 0) is 6.54 Å². The van der Waals surface area contributed by atoms with E-state index in [2.05, 4.69) is 63.5 Å². The fourth-order valence-corrected chi connectivity index (χ4v) is 3.15. The van der Waals surface area contributed by atoms with Crippen LogP contribution < -0.4 is 5.32 Å². The first-order chi connectivity index (χ1) is 11.3. The van der Waals surface area contributed by atoms with Crippen molar-refractivity contribution in [3.05, 3.63) is 42.0 Å². The van der Waals surface area contributed by atoms with Gasteiger partial charge in [0, 0.05) is 44.5 Å². The van der Waals surface area contributed by atoms with Crippen LogP contribution in [0.3, 0.4) is 0 Å². The van der Waals surface area contributed by atoms with Crippen molar-refractivity contribution in [2.45, 2.75) is 25.4 Å². The molecule has 2 fully saturated rings. The predicted molar refractivity (Wildman–Crippen MR) is 95.6 cm³/mol. The number of hydrogen-bond donors (Lipinski definition) is 2. The van der Waals surface area contributed by atoms with Crippen molar-refractivity contribution < 1.29 is 0 Å². The monoisotopic (exact) mass is 310 g/mol. The first kappa shape index (κ1) is 14.8. The Morgan fingerprint density at radius 1 is 1.00 bits per heavy atom. The van der Waals surface area contributed by atoms with E-state index in [4.69, 9.17) is 0 Å². The van der Waals surface area contributed by atoms with Gasteiger partial charge in [0.15, 0.2) is 0 Å². The summed E-state index contributed by atoms with van der Waals surface area (Å²) in [5, 5.41) is 3.51. The molecule has 2 N–H and O–H groups in total. The molecule has 2 aliphatic rings. The van der Waals surface area contributed by atoms with Crippen molar-refractivity contribution in [1.82, 2.24) is 14.8 Å². The number of rotatable bonds is 5. The third-order valence-corrected chi connectivity index (χ3v) is 4.89. The van der Waals surface area contributed by atoms with Gasteiger partial charge in [-0.3, -0.25) is 4.90 Å². The molecule has 0 radical (unpaired) electrons. The van der Waals surface area contributed by atoms with Crippen molar-refractivity contribution in [3.8, 4) is 11.3 Å². The first-order valence-electron chi connectivity index (χ1n) is 8.72. The van der Waals surface area contributed by atoms with Crippen molar-refractivity contribution >= 4 is 5.82 Å². The van der Waals surface area contributed by atoms with Gasteiger partial charge in [-0.2, -0.15) is 0 Å². The minimum Gasteiger partial charge on any atom is -0.369 e. The summed E-state index contributed by atoms with van der Waals surface area (Å²) in [4.78, 5) is 8.42. The zero-order valence-electron chi connectivity index (χ0n) is 13.9. The van der Waals surface area contributed by atoms with Gasteiger partial charge in [0.25, 0.3) is 0 Å². The molecule has 2 heterocycles. The van der Waals surface area contributed by atoms with E-state index in [-0.39, 0.29) is 0 Å². The van der Waals surface area contributed by atoms with Crippen molar-refractivity contribution in [2.24, 2.45) is 0 Å². The number of hydrogen-bond acceptors (Lipinski definition) is 3. The second-order valence-electron chi connectivity index (χ2n) is 6.98. The lowest BCUT2D eigenvalue weighted by atomic mass is 10.1. The highest BCUT2D eigenvalue weighted by atomic mass is 15.2. The van der Waals surface area contributed by atoms with Gasteiger partial charge in [0.1, 0.15) is 5.82 Å². The summed E-state index contributed by atoms with van der Waals surface area (Å²) in [5.41, 5.74) is 3.86. The molecule has 1 aliphatic heterocycles. The Kier molecular flexibility index (Phi) is 4.10. The molecule has 4 rings (SSSR count). The van der Waals surface area contributed by atoms with Crippen LogP contribution in [0.5, 0.6) is 0 Å². The van der Waals surface area contributed by atoms with E-state index in [1.807, 2.05) is 0 Å². The second-order valence-corrected chi connectivity index (χ2v) is 6.98. The van der Waals surface area contributed by atoms with E-state index >= 15 is 0 Å². The van der Waals surface area contributed by atoms with Crippen LogP contribution in [0, 0.1) is 0 Å². The predicted octanol–water partition coefficient (Wildman–Crippen LogP) is 3.00. The second kappa shape index (κ2) is 6.38. The summed E-state index contributed by atoms with van der Waals surface area (Å²) < 4.78 is 0. The molecule has 1 saturated carbocycles. The van der Waals surface area contributed by atoms with Gasteiger partial charge in [0.2, 0.25) is 0 Å². The van der Waals surface area contributed by atoms with E-state index in [1.54, 1.807) is 0 Å².